The fraction of sp³-hybridized carbons (Fsp3) is 1.00. The maximum atomic E-state index is 11.3. The fourth-order valence-electron chi connectivity index (χ4n) is 0.359. The molecule has 0 N–H and O–H groups in total. The molecule has 0 aromatic rings. The molecule has 1 nitrogen and oxygen atoms in total. The van der Waals surface area contributed by atoms with Crippen molar-refractivity contribution in [2.75, 3.05) is 14.1 Å². The van der Waals surface area contributed by atoms with Crippen LogP contribution in [-0.2, 0) is 0 Å². The van der Waals surface area contributed by atoms with Crippen molar-refractivity contribution in [2.45, 2.75) is 5.80 Å². The van der Waals surface area contributed by atoms with Crippen molar-refractivity contribution >= 4 is 9.68 Å². The molecule has 0 aromatic carbocycles. The van der Waals surface area contributed by atoms with Crippen LogP contribution in [0, 0.1) is 0 Å². The summed E-state index contributed by atoms with van der Waals surface area (Å²) in [5.41, 5.74) is 0. The van der Waals surface area contributed by atoms with Gasteiger partial charge in [-0.05, 0) is 14.1 Å². The molecule has 0 aliphatic rings. The quantitative estimate of drug-likeness (QED) is 0.472. The van der Waals surface area contributed by atoms with Crippen molar-refractivity contribution in [2.24, 2.45) is 0 Å². The van der Waals surface area contributed by atoms with Crippen molar-refractivity contribution < 1.29 is 13.2 Å². The third kappa shape index (κ3) is 5.97. The Balaban J connectivity index is 3.39. The van der Waals surface area contributed by atoms with E-state index < -0.39 is 15.5 Å². The standard InChI is InChI=1S/C3H8F3NSi/c1-7(2)8-3(4,5)6/h8H2,1-2H3. The Morgan fingerprint density at radius 1 is 1.25 bits per heavy atom. The Hall–Kier alpha value is -0.0331. The predicted octanol–water partition coefficient (Wildman–Crippen LogP) is 0.152. The van der Waals surface area contributed by atoms with E-state index in [4.69, 9.17) is 0 Å². The fourth-order valence-corrected chi connectivity index (χ4v) is 1.08. The molecule has 0 bridgehead atoms. The van der Waals surface area contributed by atoms with Gasteiger partial charge in [0.1, 0.15) is 0 Å². The first kappa shape index (κ1) is 7.97. The van der Waals surface area contributed by atoms with E-state index in [1.807, 2.05) is 0 Å². The summed E-state index contributed by atoms with van der Waals surface area (Å²) < 4.78 is 35.2. The lowest BCUT2D eigenvalue weighted by molar-refractivity contribution is -0.0519. The van der Waals surface area contributed by atoms with Crippen LogP contribution in [0.5, 0.6) is 0 Å². The summed E-state index contributed by atoms with van der Waals surface area (Å²) in [6, 6.07) is 0. The summed E-state index contributed by atoms with van der Waals surface area (Å²) in [6.07, 6.45) is 0. The third-order valence-electron chi connectivity index (χ3n) is 0.496. The zero-order valence-corrected chi connectivity index (χ0v) is 6.20. The molecule has 0 heterocycles. The Bertz CT molecular complexity index is 69.4. The Morgan fingerprint density at radius 2 is 1.62 bits per heavy atom. The number of halogens is 3. The summed E-state index contributed by atoms with van der Waals surface area (Å²) >= 11 is 0. The minimum atomic E-state index is -3.91. The van der Waals surface area contributed by atoms with Gasteiger partial charge in [0.15, 0.2) is 0 Å². The first-order chi connectivity index (χ1) is 3.42. The van der Waals surface area contributed by atoms with Gasteiger partial charge in [-0.15, -0.1) is 0 Å². The van der Waals surface area contributed by atoms with Crippen LogP contribution in [-0.4, -0.2) is 34.1 Å². The second-order valence-electron chi connectivity index (χ2n) is 1.85. The van der Waals surface area contributed by atoms with Crippen molar-refractivity contribution in [3.05, 3.63) is 0 Å². The van der Waals surface area contributed by atoms with E-state index in [9.17, 15) is 13.2 Å². The van der Waals surface area contributed by atoms with Gasteiger partial charge in [0.05, 0.1) is 0 Å². The highest BCUT2D eigenvalue weighted by Gasteiger charge is 2.28. The van der Waals surface area contributed by atoms with Gasteiger partial charge in [-0.3, -0.25) is 0 Å². The molecular formula is C3H8F3NSi. The van der Waals surface area contributed by atoms with Crippen LogP contribution < -0.4 is 0 Å². The average molecular weight is 143 g/mol. The summed E-state index contributed by atoms with van der Waals surface area (Å²) in [7, 11) is 0.906. The van der Waals surface area contributed by atoms with Crippen LogP contribution in [0.3, 0.4) is 0 Å². The van der Waals surface area contributed by atoms with Crippen LogP contribution in [0.1, 0.15) is 0 Å². The number of hydrogen-bond acceptors (Lipinski definition) is 1. The van der Waals surface area contributed by atoms with Crippen LogP contribution in [0.4, 0.5) is 13.2 Å². The van der Waals surface area contributed by atoms with Gasteiger partial charge in [0, 0.05) is 0 Å². The monoisotopic (exact) mass is 143 g/mol. The minimum absolute atomic E-state index is 1.22. The highest BCUT2D eigenvalue weighted by Crippen LogP contribution is 2.11. The lowest BCUT2D eigenvalue weighted by Gasteiger charge is -2.10. The molecule has 0 radical (unpaired) electrons. The molecule has 0 unspecified atom stereocenters. The molecule has 0 aliphatic heterocycles. The van der Waals surface area contributed by atoms with Gasteiger partial charge < -0.3 is 4.57 Å². The normalized spacial score (nSPS) is 14.2. The predicted molar refractivity (Wildman–Crippen MR) is 28.3 cm³/mol. The zero-order chi connectivity index (χ0) is 6.78. The Labute approximate surface area is 48.4 Å². The molecule has 0 aliphatic carbocycles. The van der Waals surface area contributed by atoms with Crippen LogP contribution in [0.25, 0.3) is 0 Å². The summed E-state index contributed by atoms with van der Waals surface area (Å²) in [6.45, 7) is 0. The molecule has 50 valence electrons. The molecule has 0 saturated heterocycles. The highest BCUT2D eigenvalue weighted by molar-refractivity contribution is 6.34. The molecule has 0 atom stereocenters. The lowest BCUT2D eigenvalue weighted by atomic mass is 11.3. The van der Waals surface area contributed by atoms with Crippen LogP contribution in [0.2, 0.25) is 0 Å². The largest absolute Gasteiger partial charge is 0.370 e. The molecule has 0 spiro atoms. The molecule has 5 heteroatoms. The molecule has 0 saturated carbocycles. The zero-order valence-electron chi connectivity index (χ0n) is 4.79. The highest BCUT2D eigenvalue weighted by atomic mass is 28.2. The molecular weight excluding hydrogens is 135 g/mol. The minimum Gasteiger partial charge on any atom is -0.327 e. The van der Waals surface area contributed by atoms with E-state index in [2.05, 4.69) is 0 Å². The van der Waals surface area contributed by atoms with Crippen LogP contribution >= 0.6 is 0 Å². The van der Waals surface area contributed by atoms with Gasteiger partial charge in [0.25, 0.3) is 0 Å². The first-order valence-corrected chi connectivity index (χ1v) is 3.47. The van der Waals surface area contributed by atoms with E-state index in [1.54, 1.807) is 0 Å². The third-order valence-corrected chi connectivity index (χ3v) is 1.49. The number of alkyl halides is 3. The maximum Gasteiger partial charge on any atom is 0.370 e. The van der Waals surface area contributed by atoms with Crippen molar-refractivity contribution in [3.8, 4) is 0 Å². The second kappa shape index (κ2) is 2.50. The smallest absolute Gasteiger partial charge is 0.327 e. The number of nitrogens with zero attached hydrogens (tertiary/aromatic N) is 1. The maximum absolute atomic E-state index is 11.3. The first-order valence-electron chi connectivity index (χ1n) is 2.13. The van der Waals surface area contributed by atoms with Gasteiger partial charge in [-0.2, -0.15) is 13.2 Å². The summed E-state index contributed by atoms with van der Waals surface area (Å²) in [5.74, 6) is -3.91. The molecule has 0 fully saturated rings. The average Bonchev–Trinajstić information content (AvgIpc) is 1.21. The van der Waals surface area contributed by atoms with Gasteiger partial charge in [0.2, 0.25) is 9.68 Å². The van der Waals surface area contributed by atoms with E-state index in [-0.39, 0.29) is 0 Å². The number of hydrogen-bond donors (Lipinski definition) is 0. The summed E-state index contributed by atoms with van der Waals surface area (Å²) in [5, 5.41) is 0. The summed E-state index contributed by atoms with van der Waals surface area (Å²) in [4.78, 5) is 0. The second-order valence-corrected chi connectivity index (χ2v) is 4.24. The molecule has 8 heavy (non-hydrogen) atoms. The van der Waals surface area contributed by atoms with Crippen molar-refractivity contribution in [1.82, 2.24) is 4.57 Å². The molecule has 0 aromatic heterocycles. The number of rotatable bonds is 1. The SMILES string of the molecule is CN(C)[SiH2]C(F)(F)F. The lowest BCUT2D eigenvalue weighted by Crippen LogP contribution is -2.32. The van der Waals surface area contributed by atoms with Crippen molar-refractivity contribution in [3.63, 3.8) is 0 Å². The molecule has 0 amide bonds. The topological polar surface area (TPSA) is 3.24 Å². The molecule has 0 rings (SSSR count). The van der Waals surface area contributed by atoms with E-state index in [0.29, 0.717) is 0 Å². The Kier molecular flexibility index (Phi) is 2.49. The van der Waals surface area contributed by atoms with Gasteiger partial charge >= 0.3 is 5.80 Å². The van der Waals surface area contributed by atoms with E-state index >= 15 is 0 Å². The van der Waals surface area contributed by atoms with Gasteiger partial charge in [-0.1, -0.05) is 0 Å². The van der Waals surface area contributed by atoms with E-state index in [1.165, 1.54) is 18.7 Å². The van der Waals surface area contributed by atoms with Crippen LogP contribution in [0.15, 0.2) is 0 Å². The Morgan fingerprint density at radius 3 is 1.62 bits per heavy atom. The van der Waals surface area contributed by atoms with Crippen molar-refractivity contribution in [1.29, 1.82) is 0 Å². The van der Waals surface area contributed by atoms with E-state index in [0.717, 1.165) is 0 Å². The van der Waals surface area contributed by atoms with Gasteiger partial charge in [-0.25, -0.2) is 0 Å².